The molecule has 1 saturated heterocycles. The fourth-order valence-electron chi connectivity index (χ4n) is 1.98. The Labute approximate surface area is 71.4 Å². The SMILES string of the molecule is C1=CC2=CNCC3CNC(=C1)N23. The van der Waals surface area contributed by atoms with Crippen molar-refractivity contribution in [2.45, 2.75) is 6.04 Å². The van der Waals surface area contributed by atoms with E-state index in [1.165, 1.54) is 11.5 Å². The van der Waals surface area contributed by atoms with E-state index in [0.29, 0.717) is 6.04 Å². The summed E-state index contributed by atoms with van der Waals surface area (Å²) in [6.07, 6.45) is 8.42. The predicted molar refractivity (Wildman–Crippen MR) is 46.9 cm³/mol. The van der Waals surface area contributed by atoms with Crippen molar-refractivity contribution in [1.82, 2.24) is 15.5 Å². The van der Waals surface area contributed by atoms with Gasteiger partial charge in [-0.15, -0.1) is 0 Å². The van der Waals surface area contributed by atoms with Gasteiger partial charge < -0.3 is 15.5 Å². The fraction of sp³-hybridized carbons (Fsp3) is 0.333. The quantitative estimate of drug-likeness (QED) is 0.528. The van der Waals surface area contributed by atoms with Crippen molar-refractivity contribution < 1.29 is 0 Å². The molecule has 0 aromatic rings. The number of nitrogens with one attached hydrogen (secondary N) is 2. The number of hydrogen-bond acceptors (Lipinski definition) is 3. The molecule has 3 heteroatoms. The highest BCUT2D eigenvalue weighted by Crippen LogP contribution is 2.26. The van der Waals surface area contributed by atoms with E-state index in [-0.39, 0.29) is 0 Å². The Morgan fingerprint density at radius 2 is 2.42 bits per heavy atom. The van der Waals surface area contributed by atoms with Crippen LogP contribution in [-0.4, -0.2) is 24.0 Å². The van der Waals surface area contributed by atoms with Gasteiger partial charge in [0, 0.05) is 19.3 Å². The van der Waals surface area contributed by atoms with E-state index in [0.717, 1.165) is 13.1 Å². The molecule has 0 bridgehead atoms. The third-order valence-electron chi connectivity index (χ3n) is 2.55. The van der Waals surface area contributed by atoms with Crippen molar-refractivity contribution in [1.29, 1.82) is 0 Å². The second kappa shape index (κ2) is 2.06. The maximum Gasteiger partial charge on any atom is 0.106 e. The molecule has 1 unspecified atom stereocenters. The Bertz CT molecular complexity index is 299. The molecule has 0 aromatic carbocycles. The maximum atomic E-state index is 3.38. The van der Waals surface area contributed by atoms with Crippen LogP contribution < -0.4 is 10.6 Å². The van der Waals surface area contributed by atoms with Gasteiger partial charge in [-0.3, -0.25) is 0 Å². The Morgan fingerprint density at radius 1 is 1.42 bits per heavy atom. The van der Waals surface area contributed by atoms with E-state index in [1.54, 1.807) is 0 Å². The molecule has 12 heavy (non-hydrogen) atoms. The fourth-order valence-corrected chi connectivity index (χ4v) is 1.98. The molecule has 3 aliphatic rings. The zero-order valence-electron chi connectivity index (χ0n) is 6.75. The Balaban J connectivity index is 2.10. The highest BCUT2D eigenvalue weighted by atomic mass is 15.4. The summed E-state index contributed by atoms with van der Waals surface area (Å²) in [4.78, 5) is 2.36. The zero-order valence-corrected chi connectivity index (χ0v) is 6.75. The van der Waals surface area contributed by atoms with Crippen molar-refractivity contribution in [3.05, 3.63) is 35.9 Å². The van der Waals surface area contributed by atoms with Crippen molar-refractivity contribution in [2.24, 2.45) is 0 Å². The van der Waals surface area contributed by atoms with E-state index in [1.807, 2.05) is 0 Å². The molecule has 3 heterocycles. The summed E-state index contributed by atoms with van der Waals surface area (Å²) < 4.78 is 0. The van der Waals surface area contributed by atoms with Gasteiger partial charge in [0.25, 0.3) is 0 Å². The van der Waals surface area contributed by atoms with Crippen molar-refractivity contribution in [3.8, 4) is 0 Å². The third kappa shape index (κ3) is 0.656. The van der Waals surface area contributed by atoms with Gasteiger partial charge in [0.05, 0.1) is 11.7 Å². The van der Waals surface area contributed by atoms with Gasteiger partial charge in [-0.25, -0.2) is 0 Å². The summed E-state index contributed by atoms with van der Waals surface area (Å²) in [5.41, 5.74) is 1.27. The molecule has 1 fully saturated rings. The number of allylic oxidation sites excluding steroid dienone is 3. The van der Waals surface area contributed by atoms with Crippen molar-refractivity contribution in [3.63, 3.8) is 0 Å². The molecule has 1 atom stereocenters. The molecule has 0 aromatic heterocycles. The summed E-state index contributed by atoms with van der Waals surface area (Å²) >= 11 is 0. The first-order valence-corrected chi connectivity index (χ1v) is 4.30. The van der Waals surface area contributed by atoms with Crippen molar-refractivity contribution in [2.75, 3.05) is 13.1 Å². The maximum absolute atomic E-state index is 3.38. The van der Waals surface area contributed by atoms with Crippen LogP contribution >= 0.6 is 0 Å². The van der Waals surface area contributed by atoms with Crippen LogP contribution in [0.4, 0.5) is 0 Å². The van der Waals surface area contributed by atoms with Crippen LogP contribution in [0.5, 0.6) is 0 Å². The van der Waals surface area contributed by atoms with Crippen LogP contribution in [0.2, 0.25) is 0 Å². The zero-order chi connectivity index (χ0) is 7.97. The lowest BCUT2D eigenvalue weighted by molar-refractivity contribution is 0.351. The van der Waals surface area contributed by atoms with E-state index >= 15 is 0 Å². The van der Waals surface area contributed by atoms with Crippen molar-refractivity contribution >= 4 is 0 Å². The molecule has 0 aliphatic carbocycles. The van der Waals surface area contributed by atoms with Gasteiger partial charge in [0.2, 0.25) is 0 Å². The lowest BCUT2D eigenvalue weighted by Gasteiger charge is -2.32. The van der Waals surface area contributed by atoms with Crippen LogP contribution in [0.25, 0.3) is 0 Å². The summed E-state index contributed by atoms with van der Waals surface area (Å²) in [7, 11) is 0. The van der Waals surface area contributed by atoms with E-state index in [9.17, 15) is 0 Å². The van der Waals surface area contributed by atoms with E-state index in [4.69, 9.17) is 0 Å². The minimum Gasteiger partial charge on any atom is -0.387 e. The molecule has 62 valence electrons. The molecule has 3 aliphatic heterocycles. The van der Waals surface area contributed by atoms with Crippen LogP contribution in [-0.2, 0) is 0 Å². The second-order valence-corrected chi connectivity index (χ2v) is 3.29. The highest BCUT2D eigenvalue weighted by molar-refractivity contribution is 5.36. The number of nitrogens with zero attached hydrogens (tertiary/aromatic N) is 1. The minimum absolute atomic E-state index is 0.598. The van der Waals surface area contributed by atoms with Gasteiger partial charge in [-0.1, -0.05) is 6.08 Å². The van der Waals surface area contributed by atoms with E-state index in [2.05, 4.69) is 40.0 Å². The molecular weight excluding hydrogens is 150 g/mol. The third-order valence-corrected chi connectivity index (χ3v) is 2.55. The van der Waals surface area contributed by atoms with Gasteiger partial charge in [0.15, 0.2) is 0 Å². The Morgan fingerprint density at radius 3 is 3.42 bits per heavy atom. The molecule has 0 saturated carbocycles. The first kappa shape index (κ1) is 6.17. The standard InChI is InChI=1S/C9H11N3/c1-2-7-4-10-5-8-6-11-9(3-1)12(7)8/h1-4,8,10-11H,5-6H2. The largest absolute Gasteiger partial charge is 0.387 e. The molecular formula is C9H11N3. The summed E-state index contributed by atoms with van der Waals surface area (Å²) in [5, 5.41) is 6.67. The number of rotatable bonds is 0. The van der Waals surface area contributed by atoms with E-state index < -0.39 is 0 Å². The van der Waals surface area contributed by atoms with Gasteiger partial charge in [-0.05, 0) is 12.2 Å². The molecule has 0 spiro atoms. The lowest BCUT2D eigenvalue weighted by atomic mass is 10.2. The molecule has 2 N–H and O–H groups in total. The summed E-state index contributed by atoms with van der Waals surface area (Å²) in [6.45, 7) is 2.10. The van der Waals surface area contributed by atoms with Gasteiger partial charge in [-0.2, -0.15) is 0 Å². The van der Waals surface area contributed by atoms with Crippen LogP contribution in [0, 0.1) is 0 Å². The average molecular weight is 161 g/mol. The molecule has 3 rings (SSSR count). The first-order chi connectivity index (χ1) is 5.95. The minimum atomic E-state index is 0.598. The molecule has 0 amide bonds. The normalized spacial score (nSPS) is 30.0. The van der Waals surface area contributed by atoms with Gasteiger partial charge in [0.1, 0.15) is 5.82 Å². The lowest BCUT2D eigenvalue weighted by Crippen LogP contribution is -2.41. The highest BCUT2D eigenvalue weighted by Gasteiger charge is 2.32. The van der Waals surface area contributed by atoms with Gasteiger partial charge >= 0.3 is 0 Å². The second-order valence-electron chi connectivity index (χ2n) is 3.29. The Kier molecular flexibility index (Phi) is 1.06. The number of hydrogen-bond donors (Lipinski definition) is 2. The van der Waals surface area contributed by atoms with Crippen LogP contribution in [0.1, 0.15) is 0 Å². The summed E-state index contributed by atoms with van der Waals surface area (Å²) in [5.74, 6) is 1.25. The van der Waals surface area contributed by atoms with Crippen LogP contribution in [0.15, 0.2) is 35.9 Å². The monoisotopic (exact) mass is 161 g/mol. The van der Waals surface area contributed by atoms with Crippen LogP contribution in [0.3, 0.4) is 0 Å². The first-order valence-electron chi connectivity index (χ1n) is 4.30. The Hall–Kier alpha value is -1.38. The topological polar surface area (TPSA) is 27.3 Å². The average Bonchev–Trinajstić information content (AvgIpc) is 2.52. The molecule has 0 radical (unpaired) electrons. The summed E-state index contributed by atoms with van der Waals surface area (Å²) in [6, 6.07) is 0.598. The smallest absolute Gasteiger partial charge is 0.106 e. The predicted octanol–water partition coefficient (Wildman–Crippen LogP) is 0.116. The molecule has 3 nitrogen and oxygen atoms in total.